The summed E-state index contributed by atoms with van der Waals surface area (Å²) in [5.41, 5.74) is 3.75. The van der Waals surface area contributed by atoms with E-state index in [1.807, 2.05) is 32.9 Å². The van der Waals surface area contributed by atoms with Gasteiger partial charge in [-0.05, 0) is 70.4 Å². The van der Waals surface area contributed by atoms with Crippen molar-refractivity contribution in [2.75, 3.05) is 18.4 Å². The Morgan fingerprint density at radius 3 is 2.37 bits per heavy atom. The average molecular weight is 448 g/mol. The van der Waals surface area contributed by atoms with Gasteiger partial charge in [0, 0.05) is 23.9 Å². The standard InChI is InChI=1S/C22H29N3O3S2/c1-14-12-15(2)20(16(3)13-14)30(27,28)25-10-8-17(9-11-25)21(26)24-22-23-18-6-4-5-7-19(18)29-22/h12-13,17H,4-11H2,1-3H3,(H,23,24,26). The topological polar surface area (TPSA) is 79.4 Å². The Hall–Kier alpha value is -1.77. The quantitative estimate of drug-likeness (QED) is 0.769. The van der Waals surface area contributed by atoms with E-state index in [-0.39, 0.29) is 11.8 Å². The first kappa shape index (κ1) is 21.5. The van der Waals surface area contributed by atoms with Crippen LogP contribution in [0.5, 0.6) is 0 Å². The lowest BCUT2D eigenvalue weighted by Gasteiger charge is -2.31. The van der Waals surface area contributed by atoms with Crippen molar-refractivity contribution in [2.45, 2.75) is 64.2 Å². The molecule has 0 spiro atoms. The van der Waals surface area contributed by atoms with Crippen molar-refractivity contribution in [1.82, 2.24) is 9.29 Å². The van der Waals surface area contributed by atoms with Crippen LogP contribution in [0.15, 0.2) is 17.0 Å². The second kappa shape index (κ2) is 8.40. The number of amides is 1. The molecule has 1 N–H and O–H groups in total. The van der Waals surface area contributed by atoms with Crippen LogP contribution in [0, 0.1) is 26.7 Å². The molecule has 6 nitrogen and oxygen atoms in total. The van der Waals surface area contributed by atoms with Crippen LogP contribution in [0.4, 0.5) is 5.13 Å². The molecule has 1 aliphatic heterocycles. The van der Waals surface area contributed by atoms with E-state index >= 15 is 0 Å². The number of nitrogens with one attached hydrogen (secondary N) is 1. The molecule has 0 bridgehead atoms. The monoisotopic (exact) mass is 447 g/mol. The molecular weight excluding hydrogens is 418 g/mol. The van der Waals surface area contributed by atoms with E-state index in [9.17, 15) is 13.2 Å². The molecule has 162 valence electrons. The van der Waals surface area contributed by atoms with Crippen LogP contribution < -0.4 is 5.32 Å². The largest absolute Gasteiger partial charge is 0.302 e. The van der Waals surface area contributed by atoms with Crippen LogP contribution in [0.2, 0.25) is 0 Å². The minimum atomic E-state index is -3.56. The third-order valence-corrected chi connectivity index (χ3v) is 9.38. The highest BCUT2D eigenvalue weighted by Crippen LogP contribution is 2.32. The molecule has 30 heavy (non-hydrogen) atoms. The summed E-state index contributed by atoms with van der Waals surface area (Å²) in [4.78, 5) is 19.0. The Kier molecular flexibility index (Phi) is 6.01. The number of carbonyl (C=O) groups excluding carboxylic acids is 1. The number of fused-ring (bicyclic) bond motifs is 1. The van der Waals surface area contributed by atoms with Crippen LogP contribution in [-0.4, -0.2) is 36.7 Å². The number of hydrogen-bond donors (Lipinski definition) is 1. The van der Waals surface area contributed by atoms with Crippen molar-refractivity contribution in [3.8, 4) is 0 Å². The van der Waals surface area contributed by atoms with Crippen LogP contribution in [0.25, 0.3) is 0 Å². The fourth-order valence-electron chi connectivity index (χ4n) is 4.67. The Labute approximate surface area is 182 Å². The summed E-state index contributed by atoms with van der Waals surface area (Å²) < 4.78 is 28.0. The first-order chi connectivity index (χ1) is 14.3. The zero-order chi connectivity index (χ0) is 21.5. The van der Waals surface area contributed by atoms with Crippen molar-refractivity contribution in [3.05, 3.63) is 39.4 Å². The van der Waals surface area contributed by atoms with Crippen molar-refractivity contribution >= 4 is 32.4 Å². The number of hydrogen-bond acceptors (Lipinski definition) is 5. The van der Waals surface area contributed by atoms with Gasteiger partial charge < -0.3 is 5.32 Å². The third kappa shape index (κ3) is 4.18. The van der Waals surface area contributed by atoms with Crippen molar-refractivity contribution in [2.24, 2.45) is 5.92 Å². The van der Waals surface area contributed by atoms with Gasteiger partial charge in [0.1, 0.15) is 0 Å². The van der Waals surface area contributed by atoms with E-state index < -0.39 is 10.0 Å². The molecule has 2 aromatic rings. The summed E-state index contributed by atoms with van der Waals surface area (Å²) in [5.74, 6) is -0.224. The van der Waals surface area contributed by atoms with Crippen LogP contribution >= 0.6 is 11.3 Å². The number of thiazole rings is 1. The molecule has 1 saturated heterocycles. The predicted octanol–water partition coefficient (Wildman–Crippen LogP) is 3.99. The Balaban J connectivity index is 1.41. The van der Waals surface area contributed by atoms with Gasteiger partial charge in [0.2, 0.25) is 15.9 Å². The van der Waals surface area contributed by atoms with Gasteiger partial charge in [0.25, 0.3) is 0 Å². The van der Waals surface area contributed by atoms with Crippen molar-refractivity contribution < 1.29 is 13.2 Å². The molecule has 4 rings (SSSR count). The number of carbonyl (C=O) groups is 1. The fourth-order valence-corrected chi connectivity index (χ4v) is 7.61. The molecule has 1 aromatic carbocycles. The van der Waals surface area contributed by atoms with Gasteiger partial charge in [0.15, 0.2) is 5.13 Å². The predicted molar refractivity (Wildman–Crippen MR) is 120 cm³/mol. The van der Waals surface area contributed by atoms with Gasteiger partial charge >= 0.3 is 0 Å². The van der Waals surface area contributed by atoms with Gasteiger partial charge in [-0.15, -0.1) is 11.3 Å². The molecule has 0 saturated carbocycles. The van der Waals surface area contributed by atoms with E-state index in [2.05, 4.69) is 10.3 Å². The molecule has 0 radical (unpaired) electrons. The lowest BCUT2D eigenvalue weighted by molar-refractivity contribution is -0.120. The molecule has 1 amide bonds. The Morgan fingerprint density at radius 2 is 1.73 bits per heavy atom. The maximum Gasteiger partial charge on any atom is 0.243 e. The minimum Gasteiger partial charge on any atom is -0.302 e. The summed E-state index contributed by atoms with van der Waals surface area (Å²) in [6.07, 6.45) is 5.46. The highest BCUT2D eigenvalue weighted by atomic mass is 32.2. The van der Waals surface area contributed by atoms with Crippen molar-refractivity contribution in [1.29, 1.82) is 0 Å². The van der Waals surface area contributed by atoms with Crippen molar-refractivity contribution in [3.63, 3.8) is 0 Å². The summed E-state index contributed by atoms with van der Waals surface area (Å²) in [7, 11) is -3.56. The van der Waals surface area contributed by atoms with Gasteiger partial charge in [-0.3, -0.25) is 4.79 Å². The number of aromatic nitrogens is 1. The number of nitrogens with zero attached hydrogens (tertiary/aromatic N) is 2. The second-order valence-electron chi connectivity index (χ2n) is 8.49. The van der Waals surface area contributed by atoms with Gasteiger partial charge in [0.05, 0.1) is 10.6 Å². The van der Waals surface area contributed by atoms with Gasteiger partial charge in [-0.1, -0.05) is 17.7 Å². The average Bonchev–Trinajstić information content (AvgIpc) is 3.09. The summed E-state index contributed by atoms with van der Waals surface area (Å²) in [5, 5.41) is 3.67. The zero-order valence-corrected chi connectivity index (χ0v) is 19.5. The van der Waals surface area contributed by atoms with Gasteiger partial charge in [-0.2, -0.15) is 4.31 Å². The number of anilines is 1. The lowest BCUT2D eigenvalue weighted by Crippen LogP contribution is -2.41. The van der Waals surface area contributed by atoms with Crippen LogP contribution in [-0.2, 0) is 27.7 Å². The molecule has 2 aliphatic rings. The molecule has 1 aromatic heterocycles. The van der Waals surface area contributed by atoms with E-state index in [1.54, 1.807) is 11.3 Å². The maximum atomic E-state index is 13.2. The van der Waals surface area contributed by atoms with E-state index in [0.29, 0.717) is 36.0 Å². The number of piperidine rings is 1. The minimum absolute atomic E-state index is 0.0409. The molecule has 0 unspecified atom stereocenters. The molecule has 1 aliphatic carbocycles. The molecule has 0 atom stereocenters. The van der Waals surface area contributed by atoms with E-state index in [1.165, 1.54) is 15.6 Å². The Morgan fingerprint density at radius 1 is 1.10 bits per heavy atom. The number of aryl methyl sites for hydroxylation is 5. The summed E-state index contributed by atoms with van der Waals surface area (Å²) >= 11 is 1.58. The fraction of sp³-hybridized carbons (Fsp3) is 0.545. The number of rotatable bonds is 4. The molecule has 1 fully saturated rings. The number of sulfonamides is 1. The van der Waals surface area contributed by atoms with Crippen LogP contribution in [0.1, 0.15) is 52.9 Å². The highest BCUT2D eigenvalue weighted by Gasteiger charge is 2.34. The van der Waals surface area contributed by atoms with E-state index in [0.717, 1.165) is 41.6 Å². The first-order valence-electron chi connectivity index (χ1n) is 10.6. The maximum absolute atomic E-state index is 13.2. The van der Waals surface area contributed by atoms with E-state index in [4.69, 9.17) is 0 Å². The van der Waals surface area contributed by atoms with Gasteiger partial charge in [-0.25, -0.2) is 13.4 Å². The first-order valence-corrected chi connectivity index (χ1v) is 12.9. The van der Waals surface area contributed by atoms with Crippen LogP contribution in [0.3, 0.4) is 0 Å². The lowest BCUT2D eigenvalue weighted by atomic mass is 9.97. The second-order valence-corrected chi connectivity index (χ2v) is 11.4. The number of benzene rings is 1. The molecule has 8 heteroatoms. The smallest absolute Gasteiger partial charge is 0.243 e. The summed E-state index contributed by atoms with van der Waals surface area (Å²) in [6, 6.07) is 3.82. The normalized spacial score (nSPS) is 18.2. The SMILES string of the molecule is Cc1cc(C)c(S(=O)(=O)N2CCC(C(=O)Nc3nc4c(s3)CCCC4)CC2)c(C)c1. The highest BCUT2D eigenvalue weighted by molar-refractivity contribution is 7.89. The third-order valence-electron chi connectivity index (χ3n) is 6.10. The Bertz CT molecular complexity index is 1020. The summed E-state index contributed by atoms with van der Waals surface area (Å²) in [6.45, 7) is 6.39. The zero-order valence-electron chi connectivity index (χ0n) is 17.8. The molecule has 2 heterocycles. The molecular formula is C22H29N3O3S2.